The van der Waals surface area contributed by atoms with Crippen molar-refractivity contribution in [2.75, 3.05) is 5.32 Å². The van der Waals surface area contributed by atoms with E-state index in [4.69, 9.17) is 16.9 Å². The van der Waals surface area contributed by atoms with Crippen LogP contribution in [0.2, 0.25) is 5.15 Å². The van der Waals surface area contributed by atoms with Gasteiger partial charge in [0.25, 0.3) is 0 Å². The molecule has 5 heteroatoms. The van der Waals surface area contributed by atoms with E-state index in [1.807, 2.05) is 6.07 Å². The van der Waals surface area contributed by atoms with Crippen molar-refractivity contribution in [1.82, 2.24) is 4.98 Å². The summed E-state index contributed by atoms with van der Waals surface area (Å²) < 4.78 is 0. The molecule has 3 nitrogen and oxygen atoms in total. The summed E-state index contributed by atoms with van der Waals surface area (Å²) in [5.41, 5.74) is 0.352. The Labute approximate surface area is 91.7 Å². The second-order valence-corrected chi connectivity index (χ2v) is 5.50. The SMILES string of the molecule is CC1(C)CC1Nc1nc(Cl)c(C#N)s1. The number of nitrogens with one attached hydrogen (secondary N) is 1. The molecule has 1 heterocycles. The molecule has 1 aromatic heterocycles. The van der Waals surface area contributed by atoms with Crippen molar-refractivity contribution in [2.24, 2.45) is 5.41 Å². The molecule has 0 saturated heterocycles. The molecule has 0 bridgehead atoms. The second-order valence-electron chi connectivity index (χ2n) is 4.14. The van der Waals surface area contributed by atoms with E-state index in [1.54, 1.807) is 0 Å². The van der Waals surface area contributed by atoms with E-state index in [-0.39, 0.29) is 0 Å². The monoisotopic (exact) mass is 227 g/mol. The zero-order chi connectivity index (χ0) is 10.3. The third-order valence-corrected chi connectivity index (χ3v) is 3.78. The van der Waals surface area contributed by atoms with Crippen LogP contribution in [0, 0.1) is 16.7 Å². The van der Waals surface area contributed by atoms with Crippen LogP contribution in [0.15, 0.2) is 0 Å². The summed E-state index contributed by atoms with van der Waals surface area (Å²) in [6.45, 7) is 4.40. The molecule has 0 radical (unpaired) electrons. The van der Waals surface area contributed by atoms with Gasteiger partial charge in [-0.25, -0.2) is 4.98 Å². The van der Waals surface area contributed by atoms with Gasteiger partial charge in [0.15, 0.2) is 10.3 Å². The Morgan fingerprint density at radius 1 is 1.71 bits per heavy atom. The number of aromatic nitrogens is 1. The van der Waals surface area contributed by atoms with Crippen molar-refractivity contribution in [1.29, 1.82) is 5.26 Å². The number of anilines is 1. The normalized spacial score (nSPS) is 22.9. The molecule has 0 spiro atoms. The summed E-state index contributed by atoms with van der Waals surface area (Å²) in [4.78, 5) is 4.56. The Balaban J connectivity index is 2.09. The Morgan fingerprint density at radius 2 is 2.36 bits per heavy atom. The summed E-state index contributed by atoms with van der Waals surface area (Å²) in [5.74, 6) is 0. The number of nitrogens with zero attached hydrogens (tertiary/aromatic N) is 2. The van der Waals surface area contributed by atoms with Gasteiger partial charge in [-0.15, -0.1) is 0 Å². The summed E-state index contributed by atoms with van der Waals surface area (Å²) in [5, 5.41) is 13.0. The molecule has 0 aromatic carbocycles. The first kappa shape index (κ1) is 9.75. The van der Waals surface area contributed by atoms with Crippen LogP contribution in [0.5, 0.6) is 0 Å². The molecule has 0 aliphatic heterocycles. The molecule has 1 aliphatic rings. The zero-order valence-electron chi connectivity index (χ0n) is 7.97. The largest absolute Gasteiger partial charge is 0.358 e. The van der Waals surface area contributed by atoms with E-state index in [1.165, 1.54) is 11.3 Å². The smallest absolute Gasteiger partial charge is 0.185 e. The number of halogens is 1. The lowest BCUT2D eigenvalue weighted by atomic mass is 10.2. The first-order valence-electron chi connectivity index (χ1n) is 4.36. The van der Waals surface area contributed by atoms with Crippen LogP contribution < -0.4 is 5.32 Å². The third kappa shape index (κ3) is 1.70. The Kier molecular flexibility index (Phi) is 2.17. The Hall–Kier alpha value is -0.790. The molecule has 1 unspecified atom stereocenters. The quantitative estimate of drug-likeness (QED) is 0.845. The predicted molar refractivity (Wildman–Crippen MR) is 57.6 cm³/mol. The van der Waals surface area contributed by atoms with Gasteiger partial charge in [0.1, 0.15) is 10.9 Å². The number of hydrogen-bond acceptors (Lipinski definition) is 4. The highest BCUT2D eigenvalue weighted by Gasteiger charge is 2.46. The van der Waals surface area contributed by atoms with E-state index in [9.17, 15) is 0 Å². The molecule has 1 atom stereocenters. The minimum Gasteiger partial charge on any atom is -0.358 e. The predicted octanol–water partition coefficient (Wildman–Crippen LogP) is 2.88. The fourth-order valence-corrected chi connectivity index (χ4v) is 2.29. The maximum absolute atomic E-state index is 8.69. The van der Waals surface area contributed by atoms with Gasteiger partial charge in [0, 0.05) is 6.04 Å². The first-order valence-corrected chi connectivity index (χ1v) is 5.55. The number of hydrogen-bond donors (Lipinski definition) is 1. The maximum Gasteiger partial charge on any atom is 0.185 e. The summed E-state index contributed by atoms with van der Waals surface area (Å²) in [7, 11) is 0. The summed E-state index contributed by atoms with van der Waals surface area (Å²) in [6.07, 6.45) is 1.14. The molecule has 1 aliphatic carbocycles. The molecule has 1 N–H and O–H groups in total. The van der Waals surface area contributed by atoms with E-state index in [2.05, 4.69) is 24.1 Å². The molecule has 0 amide bonds. The minimum absolute atomic E-state index is 0.304. The van der Waals surface area contributed by atoms with E-state index in [0.29, 0.717) is 21.5 Å². The van der Waals surface area contributed by atoms with Crippen molar-refractivity contribution < 1.29 is 0 Å². The summed E-state index contributed by atoms with van der Waals surface area (Å²) >= 11 is 7.07. The topological polar surface area (TPSA) is 48.7 Å². The van der Waals surface area contributed by atoms with E-state index < -0.39 is 0 Å². The number of thiazole rings is 1. The highest BCUT2D eigenvalue weighted by atomic mass is 35.5. The van der Waals surface area contributed by atoms with Crippen molar-refractivity contribution in [2.45, 2.75) is 26.3 Å². The molecule has 14 heavy (non-hydrogen) atoms. The van der Waals surface area contributed by atoms with Gasteiger partial charge < -0.3 is 5.32 Å². The van der Waals surface area contributed by atoms with Gasteiger partial charge in [-0.1, -0.05) is 36.8 Å². The highest BCUT2D eigenvalue weighted by molar-refractivity contribution is 7.16. The highest BCUT2D eigenvalue weighted by Crippen LogP contribution is 2.47. The zero-order valence-corrected chi connectivity index (χ0v) is 9.54. The van der Waals surface area contributed by atoms with Crippen LogP contribution in [-0.4, -0.2) is 11.0 Å². The van der Waals surface area contributed by atoms with Gasteiger partial charge >= 0.3 is 0 Å². The van der Waals surface area contributed by atoms with Crippen LogP contribution in [0.4, 0.5) is 5.13 Å². The van der Waals surface area contributed by atoms with Crippen molar-refractivity contribution in [3.63, 3.8) is 0 Å². The first-order chi connectivity index (χ1) is 6.53. The fourth-order valence-electron chi connectivity index (χ4n) is 1.29. The average molecular weight is 228 g/mol. The van der Waals surface area contributed by atoms with E-state index in [0.717, 1.165) is 11.6 Å². The Morgan fingerprint density at radius 3 is 2.79 bits per heavy atom. The van der Waals surface area contributed by atoms with Gasteiger partial charge in [-0.2, -0.15) is 5.26 Å². The maximum atomic E-state index is 8.69. The fraction of sp³-hybridized carbons (Fsp3) is 0.556. The molecule has 74 valence electrons. The van der Waals surface area contributed by atoms with Crippen molar-refractivity contribution >= 4 is 28.1 Å². The second kappa shape index (κ2) is 3.11. The van der Waals surface area contributed by atoms with Crippen LogP contribution in [0.1, 0.15) is 25.1 Å². The third-order valence-electron chi connectivity index (χ3n) is 2.50. The Bertz CT molecular complexity index is 405. The number of nitriles is 1. The van der Waals surface area contributed by atoms with Gasteiger partial charge in [-0.05, 0) is 11.8 Å². The average Bonchev–Trinajstić information content (AvgIpc) is 2.55. The molecule has 1 fully saturated rings. The lowest BCUT2D eigenvalue weighted by molar-refractivity contribution is 0.630. The van der Waals surface area contributed by atoms with E-state index >= 15 is 0 Å². The van der Waals surface area contributed by atoms with Crippen molar-refractivity contribution in [3.8, 4) is 6.07 Å². The van der Waals surface area contributed by atoms with Gasteiger partial charge in [0.2, 0.25) is 0 Å². The minimum atomic E-state index is 0.304. The summed E-state index contributed by atoms with van der Waals surface area (Å²) in [6, 6.07) is 2.48. The molecular weight excluding hydrogens is 218 g/mol. The van der Waals surface area contributed by atoms with Gasteiger partial charge in [0.05, 0.1) is 0 Å². The standard InChI is InChI=1S/C9H10ClN3S/c1-9(2)3-6(9)12-8-13-7(10)5(4-11)14-8/h6H,3H2,1-2H3,(H,12,13). The lowest BCUT2D eigenvalue weighted by Gasteiger charge is -2.03. The number of rotatable bonds is 2. The van der Waals surface area contributed by atoms with Crippen molar-refractivity contribution in [3.05, 3.63) is 10.0 Å². The van der Waals surface area contributed by atoms with Crippen LogP contribution in [0.3, 0.4) is 0 Å². The molecule has 1 saturated carbocycles. The molecular formula is C9H10ClN3S. The molecule has 1 aromatic rings. The molecule has 2 rings (SSSR count). The van der Waals surface area contributed by atoms with Gasteiger partial charge in [-0.3, -0.25) is 0 Å². The lowest BCUT2D eigenvalue weighted by Crippen LogP contribution is -2.07. The van der Waals surface area contributed by atoms with Crippen LogP contribution in [-0.2, 0) is 0 Å². The van der Waals surface area contributed by atoms with Crippen LogP contribution >= 0.6 is 22.9 Å². The van der Waals surface area contributed by atoms with Crippen LogP contribution in [0.25, 0.3) is 0 Å².